The summed E-state index contributed by atoms with van der Waals surface area (Å²) in [6.45, 7) is 0.253. The summed E-state index contributed by atoms with van der Waals surface area (Å²) in [6, 6.07) is -0.904. The van der Waals surface area contributed by atoms with Crippen LogP contribution in [-0.2, 0) is 23.9 Å². The lowest BCUT2D eigenvalue weighted by atomic mass is 9.95. The van der Waals surface area contributed by atoms with E-state index in [1.165, 1.54) is 0 Å². The van der Waals surface area contributed by atoms with Crippen molar-refractivity contribution >= 4 is 23.8 Å². The number of aliphatic carboxylic acids is 2. The molecule has 9 heteroatoms. The number of cyclic esters (lactones) is 1. The molecule has 1 fully saturated rings. The van der Waals surface area contributed by atoms with E-state index in [1.54, 1.807) is 0 Å². The van der Waals surface area contributed by atoms with Gasteiger partial charge in [-0.2, -0.15) is 0 Å². The van der Waals surface area contributed by atoms with Gasteiger partial charge in [-0.05, 0) is 12.8 Å². The van der Waals surface area contributed by atoms with Gasteiger partial charge in [-0.25, -0.2) is 9.59 Å². The zero-order chi connectivity index (χ0) is 15.3. The highest BCUT2D eigenvalue weighted by Gasteiger charge is 2.41. The van der Waals surface area contributed by atoms with Crippen molar-refractivity contribution in [3.05, 3.63) is 0 Å². The van der Waals surface area contributed by atoms with Crippen molar-refractivity contribution in [2.45, 2.75) is 37.3 Å². The SMILES string of the molecule is O=C(O)CC(O)(CC(=O)NC1CCCOC1=O)C(=O)O. The molecule has 20 heavy (non-hydrogen) atoms. The first-order valence-electron chi connectivity index (χ1n) is 5.88. The Bertz CT molecular complexity index is 434. The molecular weight excluding hydrogens is 274 g/mol. The number of nitrogens with one attached hydrogen (secondary N) is 1. The molecule has 4 N–H and O–H groups in total. The van der Waals surface area contributed by atoms with Crippen LogP contribution in [0.3, 0.4) is 0 Å². The third-order valence-corrected chi connectivity index (χ3v) is 2.80. The molecule has 0 aliphatic carbocycles. The first kappa shape index (κ1) is 15.9. The molecule has 0 spiro atoms. The van der Waals surface area contributed by atoms with Crippen molar-refractivity contribution in [2.24, 2.45) is 0 Å². The lowest BCUT2D eigenvalue weighted by Crippen LogP contribution is -2.49. The van der Waals surface area contributed by atoms with Crippen LogP contribution in [0.1, 0.15) is 25.7 Å². The Hall–Kier alpha value is -2.16. The average molecular weight is 289 g/mol. The van der Waals surface area contributed by atoms with Crippen LogP contribution in [0.4, 0.5) is 0 Å². The van der Waals surface area contributed by atoms with E-state index in [4.69, 9.17) is 14.9 Å². The molecule has 0 aromatic rings. The van der Waals surface area contributed by atoms with E-state index in [2.05, 4.69) is 5.32 Å². The third-order valence-electron chi connectivity index (χ3n) is 2.80. The van der Waals surface area contributed by atoms with Gasteiger partial charge in [0, 0.05) is 0 Å². The van der Waals surface area contributed by atoms with E-state index in [0.717, 1.165) is 0 Å². The number of carboxylic acid groups (broad SMARTS) is 2. The Morgan fingerprint density at radius 3 is 2.45 bits per heavy atom. The van der Waals surface area contributed by atoms with Crippen LogP contribution in [-0.4, -0.2) is 57.4 Å². The second-order valence-electron chi connectivity index (χ2n) is 4.51. The Balaban J connectivity index is 2.64. The highest BCUT2D eigenvalue weighted by atomic mass is 16.5. The number of hydrogen-bond acceptors (Lipinski definition) is 6. The largest absolute Gasteiger partial charge is 0.481 e. The molecule has 112 valence electrons. The fourth-order valence-electron chi connectivity index (χ4n) is 1.78. The second-order valence-corrected chi connectivity index (χ2v) is 4.51. The van der Waals surface area contributed by atoms with Crippen molar-refractivity contribution < 1.29 is 39.2 Å². The molecule has 2 unspecified atom stereocenters. The van der Waals surface area contributed by atoms with Gasteiger partial charge in [-0.1, -0.05) is 0 Å². The molecule has 0 aromatic heterocycles. The molecule has 1 aliphatic rings. The molecule has 0 radical (unpaired) electrons. The minimum atomic E-state index is -2.71. The lowest BCUT2D eigenvalue weighted by molar-refractivity contribution is -0.168. The van der Waals surface area contributed by atoms with Crippen molar-refractivity contribution in [2.75, 3.05) is 6.61 Å². The Kier molecular flexibility index (Phi) is 5.03. The normalized spacial score (nSPS) is 21.4. The van der Waals surface area contributed by atoms with Gasteiger partial charge < -0.3 is 25.4 Å². The Labute approximate surface area is 113 Å². The fourth-order valence-corrected chi connectivity index (χ4v) is 1.78. The van der Waals surface area contributed by atoms with Crippen molar-refractivity contribution in [1.82, 2.24) is 5.32 Å². The van der Waals surface area contributed by atoms with E-state index in [1.807, 2.05) is 0 Å². The summed E-state index contributed by atoms with van der Waals surface area (Å²) in [5.41, 5.74) is -2.71. The number of carbonyl (C=O) groups excluding carboxylic acids is 2. The number of hydrogen-bond donors (Lipinski definition) is 4. The van der Waals surface area contributed by atoms with Gasteiger partial charge in [0.1, 0.15) is 6.04 Å². The molecule has 9 nitrogen and oxygen atoms in total. The van der Waals surface area contributed by atoms with Crippen molar-refractivity contribution in [3.8, 4) is 0 Å². The molecule has 0 saturated carbocycles. The maximum Gasteiger partial charge on any atom is 0.336 e. The zero-order valence-electron chi connectivity index (χ0n) is 10.5. The molecule has 1 saturated heterocycles. The van der Waals surface area contributed by atoms with E-state index in [0.29, 0.717) is 12.8 Å². The standard InChI is InChI=1S/C11H15NO8/c13-7(12-6-2-1-3-20-9(6)16)4-11(19,10(17)18)5-8(14)15/h6,19H,1-5H2,(H,12,13)(H,14,15)(H,17,18). The summed E-state index contributed by atoms with van der Waals surface area (Å²) < 4.78 is 4.71. The molecule has 1 amide bonds. The predicted octanol–water partition coefficient (Wildman–Crippen LogP) is -1.51. The van der Waals surface area contributed by atoms with Gasteiger partial charge in [0.2, 0.25) is 5.91 Å². The first-order valence-corrected chi connectivity index (χ1v) is 5.88. The van der Waals surface area contributed by atoms with Gasteiger partial charge in [-0.15, -0.1) is 0 Å². The first-order chi connectivity index (χ1) is 9.24. The summed E-state index contributed by atoms with van der Waals surface area (Å²) in [5, 5.41) is 29.2. The topological polar surface area (TPSA) is 150 Å². The summed E-state index contributed by atoms with van der Waals surface area (Å²) in [6.07, 6.45) is -1.19. The highest BCUT2D eigenvalue weighted by Crippen LogP contribution is 2.17. The van der Waals surface area contributed by atoms with Crippen molar-refractivity contribution in [1.29, 1.82) is 0 Å². The Morgan fingerprint density at radius 2 is 1.95 bits per heavy atom. The van der Waals surface area contributed by atoms with E-state index >= 15 is 0 Å². The average Bonchev–Trinajstić information content (AvgIpc) is 2.30. The molecule has 1 rings (SSSR count). The fraction of sp³-hybridized carbons (Fsp3) is 0.636. The number of esters is 1. The zero-order valence-corrected chi connectivity index (χ0v) is 10.5. The summed E-state index contributed by atoms with van der Waals surface area (Å²) in [5.74, 6) is -4.94. The van der Waals surface area contributed by atoms with Gasteiger partial charge in [-0.3, -0.25) is 9.59 Å². The number of carbonyl (C=O) groups is 4. The number of amides is 1. The quantitative estimate of drug-likeness (QED) is 0.431. The van der Waals surface area contributed by atoms with E-state index < -0.39 is 48.3 Å². The second kappa shape index (κ2) is 6.33. The number of aliphatic hydroxyl groups is 1. The lowest BCUT2D eigenvalue weighted by Gasteiger charge is -2.24. The van der Waals surface area contributed by atoms with Gasteiger partial charge in [0.05, 0.1) is 19.4 Å². The van der Waals surface area contributed by atoms with E-state index in [-0.39, 0.29) is 6.61 Å². The molecule has 1 heterocycles. The minimum absolute atomic E-state index is 0.253. The summed E-state index contributed by atoms with van der Waals surface area (Å²) in [7, 11) is 0. The number of ether oxygens (including phenoxy) is 1. The Morgan fingerprint density at radius 1 is 1.30 bits per heavy atom. The highest BCUT2D eigenvalue weighted by molar-refractivity contribution is 5.91. The predicted molar refractivity (Wildman–Crippen MR) is 61.6 cm³/mol. The van der Waals surface area contributed by atoms with Crippen LogP contribution < -0.4 is 5.32 Å². The smallest absolute Gasteiger partial charge is 0.336 e. The maximum atomic E-state index is 11.6. The van der Waals surface area contributed by atoms with Gasteiger partial charge in [0.25, 0.3) is 0 Å². The maximum absolute atomic E-state index is 11.6. The molecule has 0 aromatic carbocycles. The van der Waals surface area contributed by atoms with Gasteiger partial charge >= 0.3 is 17.9 Å². The molecule has 0 bridgehead atoms. The summed E-state index contributed by atoms with van der Waals surface area (Å²) >= 11 is 0. The third kappa shape index (κ3) is 4.19. The minimum Gasteiger partial charge on any atom is -0.481 e. The van der Waals surface area contributed by atoms with Crippen molar-refractivity contribution in [3.63, 3.8) is 0 Å². The van der Waals surface area contributed by atoms with Gasteiger partial charge in [0.15, 0.2) is 5.60 Å². The molecule has 1 aliphatic heterocycles. The van der Waals surface area contributed by atoms with Crippen LogP contribution in [0.15, 0.2) is 0 Å². The van der Waals surface area contributed by atoms with Crippen LogP contribution in [0.5, 0.6) is 0 Å². The summed E-state index contributed by atoms with van der Waals surface area (Å²) in [4.78, 5) is 44.3. The van der Waals surface area contributed by atoms with Crippen LogP contribution in [0, 0.1) is 0 Å². The monoisotopic (exact) mass is 289 g/mol. The molecule has 2 atom stereocenters. The van der Waals surface area contributed by atoms with Crippen LogP contribution >= 0.6 is 0 Å². The number of carboxylic acids is 2. The van der Waals surface area contributed by atoms with Crippen LogP contribution in [0.25, 0.3) is 0 Å². The van der Waals surface area contributed by atoms with Crippen LogP contribution in [0.2, 0.25) is 0 Å². The number of rotatable bonds is 6. The van der Waals surface area contributed by atoms with E-state index in [9.17, 15) is 24.3 Å². The molecular formula is C11H15NO8.